The number of nitrogens with one attached hydrogen (secondary N) is 2. The number of aromatic amines is 1. The summed E-state index contributed by atoms with van der Waals surface area (Å²) in [6.45, 7) is 0.115. The fourth-order valence-electron chi connectivity index (χ4n) is 2.45. The maximum absolute atomic E-state index is 12.4. The van der Waals surface area contributed by atoms with Crippen LogP contribution in [0.5, 0.6) is 0 Å². The highest BCUT2D eigenvalue weighted by molar-refractivity contribution is 7.71. The predicted octanol–water partition coefficient (Wildman–Crippen LogP) is 4.52. The number of anilines is 1. The van der Waals surface area contributed by atoms with Gasteiger partial charge in [-0.1, -0.05) is 6.07 Å². The highest BCUT2D eigenvalue weighted by atomic mass is 32.1. The van der Waals surface area contributed by atoms with Crippen molar-refractivity contribution >= 4 is 56.6 Å². The van der Waals surface area contributed by atoms with Gasteiger partial charge in [0.15, 0.2) is 10.6 Å². The van der Waals surface area contributed by atoms with Gasteiger partial charge in [-0.2, -0.15) is 5.10 Å². The van der Waals surface area contributed by atoms with Crippen molar-refractivity contribution in [3.63, 3.8) is 0 Å². The van der Waals surface area contributed by atoms with Crippen LogP contribution in [0.25, 0.3) is 20.8 Å². The largest absolute Gasteiger partial charge is 0.325 e. The molecule has 5 nitrogen and oxygen atoms in total. The molecule has 0 unspecified atom stereocenters. The molecule has 0 aliphatic carbocycles. The third-order valence-corrected chi connectivity index (χ3v) is 5.61. The molecule has 0 saturated heterocycles. The lowest BCUT2D eigenvalue weighted by atomic mass is 10.2. The van der Waals surface area contributed by atoms with Crippen LogP contribution in [-0.2, 0) is 11.3 Å². The molecule has 0 saturated carbocycles. The average Bonchev–Trinajstić information content (AvgIpc) is 3.29. The molecule has 4 aromatic rings. The Balaban J connectivity index is 1.56. The smallest absolute Gasteiger partial charge is 0.244 e. The van der Waals surface area contributed by atoms with Crippen molar-refractivity contribution in [1.29, 1.82) is 0 Å². The van der Waals surface area contributed by atoms with E-state index in [0.717, 1.165) is 16.0 Å². The zero-order chi connectivity index (χ0) is 16.5. The maximum atomic E-state index is 12.4. The van der Waals surface area contributed by atoms with Gasteiger partial charge in [0.25, 0.3) is 0 Å². The third kappa shape index (κ3) is 2.91. The summed E-state index contributed by atoms with van der Waals surface area (Å²) in [6.07, 6.45) is 0. The molecule has 4 rings (SSSR count). The van der Waals surface area contributed by atoms with Gasteiger partial charge in [0.05, 0.1) is 4.88 Å². The Labute approximate surface area is 150 Å². The van der Waals surface area contributed by atoms with Gasteiger partial charge in [-0.15, -0.1) is 22.7 Å². The number of fused-ring (bicyclic) bond motifs is 1. The average molecular weight is 373 g/mol. The molecule has 0 atom stereocenters. The van der Waals surface area contributed by atoms with E-state index in [0.29, 0.717) is 10.6 Å². The summed E-state index contributed by atoms with van der Waals surface area (Å²) >= 11 is 8.49. The van der Waals surface area contributed by atoms with E-state index >= 15 is 0 Å². The van der Waals surface area contributed by atoms with E-state index in [2.05, 4.69) is 15.5 Å². The van der Waals surface area contributed by atoms with Crippen LogP contribution in [0.2, 0.25) is 0 Å². The second-order valence-corrected chi connectivity index (χ2v) is 7.42. The monoisotopic (exact) mass is 372 g/mol. The summed E-state index contributed by atoms with van der Waals surface area (Å²) in [5.41, 5.74) is 0.776. The van der Waals surface area contributed by atoms with E-state index < -0.39 is 0 Å². The number of H-pyrrole nitrogens is 1. The van der Waals surface area contributed by atoms with Crippen molar-refractivity contribution in [3.05, 3.63) is 51.9 Å². The van der Waals surface area contributed by atoms with Crippen LogP contribution in [-0.4, -0.2) is 20.7 Å². The lowest BCUT2D eigenvalue weighted by Gasteiger charge is -2.07. The first-order valence-corrected chi connectivity index (χ1v) is 9.34. The van der Waals surface area contributed by atoms with Gasteiger partial charge in [0.2, 0.25) is 5.91 Å². The fourth-order valence-corrected chi connectivity index (χ4v) is 4.14. The van der Waals surface area contributed by atoms with Crippen LogP contribution in [0, 0.1) is 4.77 Å². The summed E-state index contributed by atoms with van der Waals surface area (Å²) in [7, 11) is 0. The van der Waals surface area contributed by atoms with Crippen LogP contribution in [0.4, 0.5) is 5.69 Å². The Bertz CT molecular complexity index is 1060. The van der Waals surface area contributed by atoms with Crippen molar-refractivity contribution in [2.45, 2.75) is 6.54 Å². The molecule has 8 heteroatoms. The Kier molecular flexibility index (Phi) is 4.01. The molecule has 3 aromatic heterocycles. The van der Waals surface area contributed by atoms with E-state index in [9.17, 15) is 4.79 Å². The van der Waals surface area contributed by atoms with E-state index in [-0.39, 0.29) is 12.5 Å². The number of amides is 1. The molecular formula is C16H12N4OS3. The molecule has 0 aliphatic rings. The molecule has 0 spiro atoms. The number of thiophene rings is 2. The number of carbonyl (C=O) groups is 1. The van der Waals surface area contributed by atoms with Gasteiger partial charge in [0.1, 0.15) is 6.54 Å². The summed E-state index contributed by atoms with van der Waals surface area (Å²) in [5, 5.41) is 15.0. The zero-order valence-corrected chi connectivity index (χ0v) is 14.8. The van der Waals surface area contributed by atoms with Gasteiger partial charge in [-0.05, 0) is 58.7 Å². The van der Waals surface area contributed by atoms with E-state index in [1.807, 2.05) is 47.2 Å². The fraction of sp³-hybridized carbons (Fsp3) is 0.0625. The molecule has 24 heavy (non-hydrogen) atoms. The van der Waals surface area contributed by atoms with Crippen molar-refractivity contribution in [2.24, 2.45) is 0 Å². The van der Waals surface area contributed by atoms with Crippen molar-refractivity contribution in [1.82, 2.24) is 14.8 Å². The van der Waals surface area contributed by atoms with Crippen molar-refractivity contribution in [2.75, 3.05) is 5.32 Å². The summed E-state index contributed by atoms with van der Waals surface area (Å²) in [4.78, 5) is 13.4. The van der Waals surface area contributed by atoms with Crippen molar-refractivity contribution < 1.29 is 4.79 Å². The number of hydrogen-bond acceptors (Lipinski definition) is 5. The SMILES string of the molecule is O=C(Cn1c(-c2cccs2)n[nH]c1=S)Nc1ccc2sccc2c1. The molecule has 0 bridgehead atoms. The topological polar surface area (TPSA) is 62.7 Å². The molecule has 0 aliphatic heterocycles. The van der Waals surface area contributed by atoms with Gasteiger partial charge in [-0.25, -0.2) is 0 Å². The first-order valence-electron chi connectivity index (χ1n) is 7.17. The second-order valence-electron chi connectivity index (χ2n) is 5.14. The highest BCUT2D eigenvalue weighted by Gasteiger charge is 2.13. The first-order chi connectivity index (χ1) is 11.7. The van der Waals surface area contributed by atoms with E-state index in [1.54, 1.807) is 27.2 Å². The summed E-state index contributed by atoms with van der Waals surface area (Å²) in [6, 6.07) is 11.8. The van der Waals surface area contributed by atoms with E-state index in [1.165, 1.54) is 4.70 Å². The van der Waals surface area contributed by atoms with Crippen molar-refractivity contribution in [3.8, 4) is 10.7 Å². The number of benzene rings is 1. The van der Waals surface area contributed by atoms with Gasteiger partial charge in [0, 0.05) is 10.4 Å². The van der Waals surface area contributed by atoms with Gasteiger partial charge in [-0.3, -0.25) is 14.5 Å². The Morgan fingerprint density at radius 2 is 2.17 bits per heavy atom. The highest BCUT2D eigenvalue weighted by Crippen LogP contribution is 2.25. The minimum absolute atomic E-state index is 0.115. The Hall–Kier alpha value is -2.29. The normalized spacial score (nSPS) is 11.0. The van der Waals surface area contributed by atoms with Gasteiger partial charge < -0.3 is 5.32 Å². The van der Waals surface area contributed by atoms with Crippen LogP contribution < -0.4 is 5.32 Å². The lowest BCUT2D eigenvalue weighted by molar-refractivity contribution is -0.116. The molecule has 1 aromatic carbocycles. The predicted molar refractivity (Wildman–Crippen MR) is 101 cm³/mol. The number of nitrogens with zero attached hydrogens (tertiary/aromatic N) is 2. The standard InChI is InChI=1S/C16H12N4OS3/c21-14(17-11-3-4-12-10(8-11)5-7-24-12)9-20-15(18-19-16(20)22)13-2-1-6-23-13/h1-8H,9H2,(H,17,21)(H,19,22). The molecular weight excluding hydrogens is 360 g/mol. The van der Waals surface area contributed by atoms with Crippen LogP contribution in [0.3, 0.4) is 0 Å². The third-order valence-electron chi connectivity index (χ3n) is 3.54. The minimum atomic E-state index is -0.139. The number of rotatable bonds is 4. The maximum Gasteiger partial charge on any atom is 0.244 e. The molecule has 2 N–H and O–H groups in total. The number of aromatic nitrogens is 3. The number of hydrogen-bond donors (Lipinski definition) is 2. The minimum Gasteiger partial charge on any atom is -0.325 e. The first kappa shape index (κ1) is 15.3. The molecule has 1 amide bonds. The second kappa shape index (κ2) is 6.31. The zero-order valence-electron chi connectivity index (χ0n) is 12.4. The molecule has 120 valence electrons. The van der Waals surface area contributed by atoms with E-state index in [4.69, 9.17) is 12.2 Å². The van der Waals surface area contributed by atoms with Crippen LogP contribution in [0.1, 0.15) is 0 Å². The quantitative estimate of drug-likeness (QED) is 0.518. The molecule has 3 heterocycles. The Morgan fingerprint density at radius 3 is 3.00 bits per heavy atom. The van der Waals surface area contributed by atoms with Crippen LogP contribution in [0.15, 0.2) is 47.2 Å². The molecule has 0 fully saturated rings. The lowest BCUT2D eigenvalue weighted by Crippen LogP contribution is -2.19. The van der Waals surface area contributed by atoms with Gasteiger partial charge >= 0.3 is 0 Å². The Morgan fingerprint density at radius 1 is 1.25 bits per heavy atom. The van der Waals surface area contributed by atoms with Crippen LogP contribution >= 0.6 is 34.9 Å². The molecule has 0 radical (unpaired) electrons. The number of carbonyl (C=O) groups excluding carboxylic acids is 1. The summed E-state index contributed by atoms with van der Waals surface area (Å²) < 4.78 is 3.34. The summed E-state index contributed by atoms with van der Waals surface area (Å²) in [5.74, 6) is 0.540.